The summed E-state index contributed by atoms with van der Waals surface area (Å²) in [5, 5.41) is 38.9. The van der Waals surface area contributed by atoms with Crippen LogP contribution in [-0.2, 0) is 14.3 Å². The lowest BCUT2D eigenvalue weighted by Gasteiger charge is -2.40. The summed E-state index contributed by atoms with van der Waals surface area (Å²) in [6.45, 7) is 7.28. The van der Waals surface area contributed by atoms with Crippen LogP contribution in [0.4, 0.5) is 0 Å². The van der Waals surface area contributed by atoms with E-state index in [0.29, 0.717) is 6.42 Å². The second kappa shape index (κ2) is 8.29. The highest BCUT2D eigenvalue weighted by Gasteiger charge is 2.44. The van der Waals surface area contributed by atoms with Gasteiger partial charge >= 0.3 is 0 Å². The van der Waals surface area contributed by atoms with Gasteiger partial charge in [-0.1, -0.05) is 31.6 Å². The van der Waals surface area contributed by atoms with Gasteiger partial charge in [-0.2, -0.15) is 0 Å². The highest BCUT2D eigenvalue weighted by molar-refractivity contribution is 5.92. The van der Waals surface area contributed by atoms with Crippen LogP contribution in [0.25, 0.3) is 0 Å². The van der Waals surface area contributed by atoms with E-state index in [9.17, 15) is 25.2 Å². The Morgan fingerprint density at radius 3 is 2.54 bits per heavy atom. The van der Waals surface area contributed by atoms with E-state index in [1.807, 2.05) is 32.9 Å². The molecule has 1 fully saturated rings. The Balaban J connectivity index is 2.03. The zero-order valence-electron chi connectivity index (χ0n) is 15.7. The molecule has 1 aliphatic carbocycles. The van der Waals surface area contributed by atoms with Crippen molar-refractivity contribution in [2.24, 2.45) is 11.3 Å². The van der Waals surface area contributed by atoms with Crippen LogP contribution in [0.15, 0.2) is 23.8 Å². The number of carbonyl (C=O) groups is 1. The molecule has 148 valence electrons. The standard InChI is InChI=1S/C19H30O7/c1-10-7-12(21)8-19(3,4)13(10)6-5-11(2)25-18-17(24)16(23)15(22)14(9-20)26-18/h5-7,11,13-18,20,22-24H,8-9H2,1-4H3/b6-5+/t11-,13+,14-,15+,16+,17-,18-/m1/s1. The maximum absolute atomic E-state index is 11.8. The van der Waals surface area contributed by atoms with Crippen LogP contribution in [0.1, 0.15) is 34.1 Å². The highest BCUT2D eigenvalue weighted by Crippen LogP contribution is 2.40. The molecule has 0 aromatic heterocycles. The normalized spacial score (nSPS) is 39.1. The molecule has 0 bridgehead atoms. The van der Waals surface area contributed by atoms with E-state index < -0.39 is 43.4 Å². The maximum atomic E-state index is 11.8. The van der Waals surface area contributed by atoms with Gasteiger partial charge in [-0.05, 0) is 25.3 Å². The van der Waals surface area contributed by atoms with Gasteiger partial charge in [0.25, 0.3) is 0 Å². The molecule has 0 amide bonds. The van der Waals surface area contributed by atoms with Crippen LogP contribution in [-0.4, -0.2) is 69.6 Å². The van der Waals surface area contributed by atoms with E-state index in [4.69, 9.17) is 9.47 Å². The molecule has 1 aliphatic heterocycles. The topological polar surface area (TPSA) is 116 Å². The summed E-state index contributed by atoms with van der Waals surface area (Å²) in [5.41, 5.74) is 0.789. The van der Waals surface area contributed by atoms with Gasteiger partial charge in [-0.25, -0.2) is 0 Å². The Morgan fingerprint density at radius 1 is 1.31 bits per heavy atom. The minimum atomic E-state index is -1.46. The van der Waals surface area contributed by atoms with E-state index in [1.165, 1.54) is 0 Å². The van der Waals surface area contributed by atoms with E-state index in [2.05, 4.69) is 0 Å². The van der Waals surface area contributed by atoms with E-state index >= 15 is 0 Å². The molecule has 0 radical (unpaired) electrons. The van der Waals surface area contributed by atoms with Gasteiger partial charge in [0.2, 0.25) is 0 Å². The second-order valence-electron chi connectivity index (χ2n) is 7.92. The average molecular weight is 370 g/mol. The zero-order valence-corrected chi connectivity index (χ0v) is 15.7. The number of ketones is 1. The van der Waals surface area contributed by atoms with Gasteiger partial charge in [0.15, 0.2) is 12.1 Å². The van der Waals surface area contributed by atoms with Gasteiger partial charge in [0.1, 0.15) is 24.4 Å². The molecule has 4 N–H and O–H groups in total. The van der Waals surface area contributed by atoms with Crippen molar-refractivity contribution in [3.05, 3.63) is 23.8 Å². The lowest BCUT2D eigenvalue weighted by Crippen LogP contribution is -2.59. The number of rotatable bonds is 5. The molecule has 2 aliphatic rings. The van der Waals surface area contributed by atoms with Crippen molar-refractivity contribution >= 4 is 5.78 Å². The first kappa shape index (κ1) is 21.2. The van der Waals surface area contributed by atoms with Crippen LogP contribution in [0.2, 0.25) is 0 Å². The van der Waals surface area contributed by atoms with Crippen LogP contribution < -0.4 is 0 Å². The predicted molar refractivity (Wildman–Crippen MR) is 94.1 cm³/mol. The lowest BCUT2D eigenvalue weighted by atomic mass is 9.68. The molecule has 2 rings (SSSR count). The van der Waals surface area contributed by atoms with Gasteiger partial charge in [0.05, 0.1) is 12.7 Å². The minimum absolute atomic E-state index is 0.0843. The quantitative estimate of drug-likeness (QED) is 0.515. The van der Waals surface area contributed by atoms with E-state index in [0.717, 1.165) is 5.57 Å². The molecule has 0 aromatic rings. The Hall–Kier alpha value is -1.09. The summed E-state index contributed by atoms with van der Waals surface area (Å²) >= 11 is 0. The number of hydrogen-bond donors (Lipinski definition) is 4. The van der Waals surface area contributed by atoms with Crippen molar-refractivity contribution in [3.8, 4) is 0 Å². The molecule has 1 heterocycles. The Bertz CT molecular complexity index is 566. The Labute approximate surface area is 153 Å². The maximum Gasteiger partial charge on any atom is 0.187 e. The number of carbonyl (C=O) groups excluding carboxylic acids is 1. The summed E-state index contributed by atoms with van der Waals surface area (Å²) < 4.78 is 11.0. The Morgan fingerprint density at radius 2 is 1.96 bits per heavy atom. The smallest absolute Gasteiger partial charge is 0.187 e. The third kappa shape index (κ3) is 4.60. The second-order valence-corrected chi connectivity index (χ2v) is 7.92. The number of ether oxygens (including phenoxy) is 2. The lowest BCUT2D eigenvalue weighted by molar-refractivity contribution is -0.306. The molecule has 0 unspecified atom stereocenters. The molecule has 7 atom stereocenters. The van der Waals surface area contributed by atoms with Gasteiger partial charge in [0, 0.05) is 12.3 Å². The molecule has 0 spiro atoms. The fraction of sp³-hybridized carbons (Fsp3) is 0.737. The van der Waals surface area contributed by atoms with Gasteiger partial charge in [-0.3, -0.25) is 4.79 Å². The van der Waals surface area contributed by atoms with Crippen molar-refractivity contribution < 1.29 is 34.7 Å². The van der Waals surface area contributed by atoms with E-state index in [1.54, 1.807) is 13.0 Å². The molecule has 7 heteroatoms. The zero-order chi connectivity index (χ0) is 19.6. The van der Waals surface area contributed by atoms with Crippen LogP contribution in [0.5, 0.6) is 0 Å². The first-order valence-corrected chi connectivity index (χ1v) is 8.92. The number of aliphatic hydroxyl groups excluding tert-OH is 4. The van der Waals surface area contributed by atoms with Crippen LogP contribution in [0.3, 0.4) is 0 Å². The van der Waals surface area contributed by atoms with E-state index in [-0.39, 0.29) is 17.1 Å². The van der Waals surface area contributed by atoms with Crippen LogP contribution in [0, 0.1) is 11.3 Å². The van der Waals surface area contributed by atoms with Crippen molar-refractivity contribution in [1.82, 2.24) is 0 Å². The molecule has 26 heavy (non-hydrogen) atoms. The fourth-order valence-corrected chi connectivity index (χ4v) is 3.69. The summed E-state index contributed by atoms with van der Waals surface area (Å²) in [6, 6.07) is 0. The summed E-state index contributed by atoms with van der Waals surface area (Å²) in [4.78, 5) is 11.8. The summed E-state index contributed by atoms with van der Waals surface area (Å²) in [5.74, 6) is 0.212. The van der Waals surface area contributed by atoms with Crippen molar-refractivity contribution in [3.63, 3.8) is 0 Å². The van der Waals surface area contributed by atoms with Crippen LogP contribution >= 0.6 is 0 Å². The molecule has 0 saturated carbocycles. The van der Waals surface area contributed by atoms with Crippen molar-refractivity contribution in [2.45, 2.75) is 70.9 Å². The number of allylic oxidation sites excluding steroid dienone is 3. The van der Waals surface area contributed by atoms with Gasteiger partial charge in [-0.15, -0.1) is 0 Å². The minimum Gasteiger partial charge on any atom is -0.394 e. The average Bonchev–Trinajstić information content (AvgIpc) is 2.53. The van der Waals surface area contributed by atoms with Crippen molar-refractivity contribution in [1.29, 1.82) is 0 Å². The third-order valence-electron chi connectivity index (χ3n) is 5.12. The molecule has 7 nitrogen and oxygen atoms in total. The fourth-order valence-electron chi connectivity index (χ4n) is 3.69. The van der Waals surface area contributed by atoms with Gasteiger partial charge < -0.3 is 29.9 Å². The largest absolute Gasteiger partial charge is 0.394 e. The first-order chi connectivity index (χ1) is 12.1. The summed E-state index contributed by atoms with van der Waals surface area (Å²) in [6.07, 6.45) is -0.958. The first-order valence-electron chi connectivity index (χ1n) is 8.92. The highest BCUT2D eigenvalue weighted by atomic mass is 16.7. The summed E-state index contributed by atoms with van der Waals surface area (Å²) in [7, 11) is 0. The number of hydrogen-bond acceptors (Lipinski definition) is 7. The molecule has 0 aromatic carbocycles. The predicted octanol–water partition coefficient (Wildman–Crippen LogP) is 0.309. The monoisotopic (exact) mass is 370 g/mol. The van der Waals surface area contributed by atoms with Crippen molar-refractivity contribution in [2.75, 3.05) is 6.61 Å². The Kier molecular flexibility index (Phi) is 6.76. The molecular formula is C19H30O7. The molecule has 1 saturated heterocycles. The SMILES string of the molecule is CC1=CC(=O)CC(C)(C)[C@H]1/C=C/[C@@H](C)O[C@@H]1O[C@H](CO)[C@H](O)[C@H](O)[C@H]1O. The number of aliphatic hydroxyl groups is 4. The molecular weight excluding hydrogens is 340 g/mol. The third-order valence-corrected chi connectivity index (χ3v) is 5.12.